The summed E-state index contributed by atoms with van der Waals surface area (Å²) < 4.78 is 38.3. The smallest absolute Gasteiger partial charge is 0.260 e. The molecule has 3 rings (SSSR count). The minimum absolute atomic E-state index is 0.139. The van der Waals surface area contributed by atoms with E-state index in [0.717, 1.165) is 19.3 Å². The quantitative estimate of drug-likeness (QED) is 0.523. The van der Waals surface area contributed by atoms with Gasteiger partial charge in [-0.15, -0.1) is 0 Å². The van der Waals surface area contributed by atoms with Gasteiger partial charge in [-0.3, -0.25) is 9.69 Å². The molecule has 0 saturated heterocycles. The lowest BCUT2D eigenvalue weighted by molar-refractivity contribution is 0.0983. The average Bonchev–Trinajstić information content (AvgIpc) is 3.14. The second-order valence-corrected chi connectivity index (χ2v) is 9.86. The molecule has 1 aromatic heterocycles. The standard InChI is InChI=1S/C21H24FN3O3S2/c1-4-24(5-2)13-14-25(20(26)15-9-11-16(22)12-10-15)21-23-19-17(29-21)7-6-8-18(19)30(3,27)28/h6-12H,4-5,13-14H2,1-3H3. The Morgan fingerprint density at radius 2 is 1.73 bits per heavy atom. The van der Waals surface area contributed by atoms with Crippen molar-refractivity contribution < 1.29 is 17.6 Å². The summed E-state index contributed by atoms with van der Waals surface area (Å²) in [7, 11) is -3.46. The molecule has 0 radical (unpaired) electrons. The largest absolute Gasteiger partial charge is 0.302 e. The van der Waals surface area contributed by atoms with Gasteiger partial charge >= 0.3 is 0 Å². The van der Waals surface area contributed by atoms with Crippen molar-refractivity contribution >= 4 is 42.4 Å². The van der Waals surface area contributed by atoms with Crippen molar-refractivity contribution in [3.05, 3.63) is 53.8 Å². The summed E-state index contributed by atoms with van der Waals surface area (Å²) in [5.74, 6) is -0.721. The van der Waals surface area contributed by atoms with E-state index in [-0.39, 0.29) is 10.8 Å². The number of hydrogen-bond donors (Lipinski definition) is 0. The molecule has 0 saturated carbocycles. The van der Waals surface area contributed by atoms with Crippen molar-refractivity contribution in [2.24, 2.45) is 0 Å². The van der Waals surface area contributed by atoms with Crippen molar-refractivity contribution in [2.45, 2.75) is 18.7 Å². The number of halogens is 1. The Bertz CT molecular complexity index is 1140. The molecule has 0 aliphatic rings. The third-order valence-corrected chi connectivity index (χ3v) is 7.04. The highest BCUT2D eigenvalue weighted by Crippen LogP contribution is 2.33. The fraction of sp³-hybridized carbons (Fsp3) is 0.333. The number of likely N-dealkylation sites (N-methyl/N-ethyl adjacent to an activating group) is 1. The van der Waals surface area contributed by atoms with Crippen LogP contribution in [0.25, 0.3) is 10.2 Å². The van der Waals surface area contributed by atoms with Crippen molar-refractivity contribution in [3.63, 3.8) is 0 Å². The number of aromatic nitrogens is 1. The van der Waals surface area contributed by atoms with Gasteiger partial charge < -0.3 is 4.90 Å². The highest BCUT2D eigenvalue weighted by molar-refractivity contribution is 7.91. The summed E-state index contributed by atoms with van der Waals surface area (Å²) in [6.07, 6.45) is 1.14. The first kappa shape index (κ1) is 22.3. The molecule has 0 aliphatic carbocycles. The number of benzene rings is 2. The van der Waals surface area contributed by atoms with Crippen LogP contribution in [0.3, 0.4) is 0 Å². The average molecular weight is 450 g/mol. The van der Waals surface area contributed by atoms with Crippen LogP contribution in [0, 0.1) is 5.82 Å². The molecule has 2 aromatic carbocycles. The molecule has 1 heterocycles. The molecule has 160 valence electrons. The molecule has 0 unspecified atom stereocenters. The second-order valence-electron chi connectivity index (χ2n) is 6.86. The number of amides is 1. The van der Waals surface area contributed by atoms with E-state index in [4.69, 9.17) is 0 Å². The van der Waals surface area contributed by atoms with Gasteiger partial charge in [-0.05, 0) is 49.5 Å². The van der Waals surface area contributed by atoms with Crippen LogP contribution in [-0.2, 0) is 9.84 Å². The maximum absolute atomic E-state index is 13.3. The van der Waals surface area contributed by atoms with E-state index in [1.165, 1.54) is 41.7 Å². The summed E-state index contributed by atoms with van der Waals surface area (Å²) in [4.78, 5) is 21.6. The minimum Gasteiger partial charge on any atom is -0.302 e. The van der Waals surface area contributed by atoms with Gasteiger partial charge in [0.25, 0.3) is 5.91 Å². The summed E-state index contributed by atoms with van der Waals surface area (Å²) in [5.41, 5.74) is 0.707. The SMILES string of the molecule is CCN(CC)CCN(C(=O)c1ccc(F)cc1)c1nc2c(S(C)(=O)=O)cccc2s1. The first-order valence-corrected chi connectivity index (χ1v) is 12.3. The van der Waals surface area contributed by atoms with Gasteiger partial charge in [0.2, 0.25) is 0 Å². The number of carbonyl (C=O) groups is 1. The number of sulfone groups is 1. The molecule has 0 bridgehead atoms. The van der Waals surface area contributed by atoms with Gasteiger partial charge in [0.15, 0.2) is 15.0 Å². The second kappa shape index (κ2) is 9.20. The molecule has 9 heteroatoms. The van der Waals surface area contributed by atoms with Crippen LogP contribution in [0.5, 0.6) is 0 Å². The number of hydrogen-bond acceptors (Lipinski definition) is 6. The first-order valence-electron chi connectivity index (χ1n) is 9.64. The van der Waals surface area contributed by atoms with Crippen LogP contribution in [0.1, 0.15) is 24.2 Å². The number of fused-ring (bicyclic) bond motifs is 1. The van der Waals surface area contributed by atoms with E-state index in [2.05, 4.69) is 9.88 Å². The predicted octanol–water partition coefficient (Wildman–Crippen LogP) is 3.83. The lowest BCUT2D eigenvalue weighted by atomic mass is 10.2. The fourth-order valence-electron chi connectivity index (χ4n) is 3.14. The van der Waals surface area contributed by atoms with Crippen LogP contribution in [0.15, 0.2) is 47.4 Å². The van der Waals surface area contributed by atoms with E-state index < -0.39 is 15.7 Å². The Kier molecular flexibility index (Phi) is 6.84. The Hall–Kier alpha value is -2.36. The Balaban J connectivity index is 2.05. The van der Waals surface area contributed by atoms with Crippen molar-refractivity contribution in [2.75, 3.05) is 37.3 Å². The predicted molar refractivity (Wildman–Crippen MR) is 119 cm³/mol. The molecule has 6 nitrogen and oxygen atoms in total. The van der Waals surface area contributed by atoms with Gasteiger partial charge in [0.05, 0.1) is 9.60 Å². The summed E-state index contributed by atoms with van der Waals surface area (Å²) in [6, 6.07) is 10.3. The maximum Gasteiger partial charge on any atom is 0.260 e. The lowest BCUT2D eigenvalue weighted by Crippen LogP contribution is -2.38. The van der Waals surface area contributed by atoms with E-state index in [1.807, 2.05) is 13.8 Å². The van der Waals surface area contributed by atoms with Crippen molar-refractivity contribution in [3.8, 4) is 0 Å². The summed E-state index contributed by atoms with van der Waals surface area (Å²) in [5, 5.41) is 0.419. The molecule has 0 N–H and O–H groups in total. The van der Waals surface area contributed by atoms with Gasteiger partial charge in [-0.2, -0.15) is 0 Å². The van der Waals surface area contributed by atoms with E-state index in [1.54, 1.807) is 17.0 Å². The van der Waals surface area contributed by atoms with E-state index in [9.17, 15) is 17.6 Å². The zero-order chi connectivity index (χ0) is 21.9. The number of para-hydroxylation sites is 1. The number of rotatable bonds is 8. The molecule has 1 amide bonds. The zero-order valence-electron chi connectivity index (χ0n) is 17.1. The molecular formula is C21H24FN3O3S2. The number of anilines is 1. The molecule has 3 aromatic rings. The Morgan fingerprint density at radius 1 is 1.07 bits per heavy atom. The summed E-state index contributed by atoms with van der Waals surface area (Å²) >= 11 is 1.27. The lowest BCUT2D eigenvalue weighted by Gasteiger charge is -2.24. The molecule has 0 atom stereocenters. The molecule has 30 heavy (non-hydrogen) atoms. The molecular weight excluding hydrogens is 425 g/mol. The Labute approximate surface area is 179 Å². The van der Waals surface area contributed by atoms with Crippen LogP contribution in [-0.4, -0.2) is 56.6 Å². The first-order chi connectivity index (χ1) is 14.2. The number of carbonyl (C=O) groups excluding carboxylic acids is 1. The van der Waals surface area contributed by atoms with Gasteiger partial charge in [0.1, 0.15) is 11.3 Å². The fourth-order valence-corrected chi connectivity index (χ4v) is 5.05. The monoisotopic (exact) mass is 449 g/mol. The minimum atomic E-state index is -3.46. The van der Waals surface area contributed by atoms with E-state index >= 15 is 0 Å². The summed E-state index contributed by atoms with van der Waals surface area (Å²) in [6.45, 7) is 6.79. The zero-order valence-corrected chi connectivity index (χ0v) is 18.8. The van der Waals surface area contributed by atoms with Crippen molar-refractivity contribution in [1.82, 2.24) is 9.88 Å². The third-order valence-electron chi connectivity index (χ3n) is 4.87. The third kappa shape index (κ3) is 4.85. The number of nitrogens with zero attached hydrogens (tertiary/aromatic N) is 3. The van der Waals surface area contributed by atoms with Gasteiger partial charge in [-0.1, -0.05) is 31.3 Å². The number of thiazole rings is 1. The van der Waals surface area contributed by atoms with Crippen LogP contribution < -0.4 is 4.90 Å². The Morgan fingerprint density at radius 3 is 2.33 bits per heavy atom. The van der Waals surface area contributed by atoms with Gasteiger partial charge in [0, 0.05) is 24.9 Å². The van der Waals surface area contributed by atoms with Crippen LogP contribution >= 0.6 is 11.3 Å². The van der Waals surface area contributed by atoms with Crippen molar-refractivity contribution in [1.29, 1.82) is 0 Å². The highest BCUT2D eigenvalue weighted by Gasteiger charge is 2.24. The molecule has 0 fully saturated rings. The normalized spacial score (nSPS) is 11.9. The van der Waals surface area contributed by atoms with Crippen LogP contribution in [0.4, 0.5) is 9.52 Å². The van der Waals surface area contributed by atoms with E-state index in [0.29, 0.717) is 34.0 Å². The van der Waals surface area contributed by atoms with Gasteiger partial charge in [-0.25, -0.2) is 17.8 Å². The maximum atomic E-state index is 13.3. The highest BCUT2D eigenvalue weighted by atomic mass is 32.2. The molecule has 0 spiro atoms. The topological polar surface area (TPSA) is 70.6 Å². The molecule has 0 aliphatic heterocycles. The van der Waals surface area contributed by atoms with Crippen LogP contribution in [0.2, 0.25) is 0 Å².